The van der Waals surface area contributed by atoms with Gasteiger partial charge in [-0.2, -0.15) is 0 Å². The SMILES string of the molecule is CC(OC(=O)CCc1ncc(-c2ccc(Cl)cc2)o1)c1cccc(-n2cnnn2)c1. The molecule has 2 aromatic carbocycles. The molecular formula is C21H18ClN5O3. The van der Waals surface area contributed by atoms with Gasteiger partial charge in [0.1, 0.15) is 12.4 Å². The van der Waals surface area contributed by atoms with Crippen LogP contribution >= 0.6 is 11.6 Å². The minimum Gasteiger partial charge on any atom is -0.458 e. The number of benzene rings is 2. The van der Waals surface area contributed by atoms with E-state index in [9.17, 15) is 4.79 Å². The quantitative estimate of drug-likeness (QED) is 0.411. The van der Waals surface area contributed by atoms with E-state index in [1.807, 2.05) is 43.3 Å². The molecular weight excluding hydrogens is 406 g/mol. The summed E-state index contributed by atoms with van der Waals surface area (Å²) in [4.78, 5) is 16.5. The van der Waals surface area contributed by atoms with Crippen LogP contribution in [-0.2, 0) is 16.0 Å². The van der Waals surface area contributed by atoms with Crippen LogP contribution in [0, 0.1) is 0 Å². The van der Waals surface area contributed by atoms with E-state index < -0.39 is 6.10 Å². The van der Waals surface area contributed by atoms with Crippen molar-refractivity contribution in [2.24, 2.45) is 0 Å². The van der Waals surface area contributed by atoms with Gasteiger partial charge in [0.05, 0.1) is 18.3 Å². The molecule has 0 N–H and O–H groups in total. The molecule has 8 nitrogen and oxygen atoms in total. The van der Waals surface area contributed by atoms with Gasteiger partial charge in [-0.05, 0) is 59.3 Å². The van der Waals surface area contributed by atoms with Crippen LogP contribution in [0.1, 0.15) is 30.9 Å². The molecule has 152 valence electrons. The van der Waals surface area contributed by atoms with Crippen molar-refractivity contribution in [1.82, 2.24) is 25.2 Å². The number of halogens is 1. The molecule has 4 rings (SSSR count). The molecule has 0 bridgehead atoms. The molecule has 0 radical (unpaired) electrons. The Balaban J connectivity index is 1.33. The first kappa shape index (κ1) is 19.8. The van der Waals surface area contributed by atoms with E-state index in [1.54, 1.807) is 23.0 Å². The monoisotopic (exact) mass is 423 g/mol. The average Bonchev–Trinajstić information content (AvgIpc) is 3.45. The fourth-order valence-electron chi connectivity index (χ4n) is 2.91. The van der Waals surface area contributed by atoms with Gasteiger partial charge in [-0.1, -0.05) is 23.7 Å². The third kappa shape index (κ3) is 4.72. The van der Waals surface area contributed by atoms with E-state index in [1.165, 1.54) is 6.33 Å². The predicted molar refractivity (Wildman–Crippen MR) is 109 cm³/mol. The third-order valence-electron chi connectivity index (χ3n) is 4.49. The van der Waals surface area contributed by atoms with E-state index in [0.29, 0.717) is 23.1 Å². The molecule has 2 aromatic heterocycles. The van der Waals surface area contributed by atoms with Crippen molar-refractivity contribution in [2.45, 2.75) is 25.9 Å². The summed E-state index contributed by atoms with van der Waals surface area (Å²) in [5.41, 5.74) is 2.50. The van der Waals surface area contributed by atoms with Crippen molar-refractivity contribution in [1.29, 1.82) is 0 Å². The number of esters is 1. The van der Waals surface area contributed by atoms with Crippen LogP contribution in [0.25, 0.3) is 17.0 Å². The lowest BCUT2D eigenvalue weighted by atomic mass is 10.1. The summed E-state index contributed by atoms with van der Waals surface area (Å²) in [7, 11) is 0. The zero-order chi connectivity index (χ0) is 20.9. The molecule has 0 aliphatic heterocycles. The number of aromatic nitrogens is 5. The molecule has 0 aliphatic rings. The van der Waals surface area contributed by atoms with Crippen LogP contribution in [0.2, 0.25) is 5.02 Å². The van der Waals surface area contributed by atoms with Crippen LogP contribution in [0.4, 0.5) is 0 Å². The topological polar surface area (TPSA) is 95.9 Å². The number of oxazole rings is 1. The minimum atomic E-state index is -0.414. The molecule has 30 heavy (non-hydrogen) atoms. The number of ether oxygens (including phenoxy) is 1. The second-order valence-corrected chi connectivity index (χ2v) is 7.04. The van der Waals surface area contributed by atoms with Crippen molar-refractivity contribution in [3.8, 4) is 17.0 Å². The van der Waals surface area contributed by atoms with Gasteiger partial charge < -0.3 is 9.15 Å². The van der Waals surface area contributed by atoms with Crippen LogP contribution in [0.15, 0.2) is 65.5 Å². The van der Waals surface area contributed by atoms with E-state index in [0.717, 1.165) is 16.8 Å². The zero-order valence-electron chi connectivity index (χ0n) is 16.1. The number of rotatable bonds is 7. The van der Waals surface area contributed by atoms with Gasteiger partial charge in [-0.15, -0.1) is 5.10 Å². The standard InChI is InChI=1S/C21H18ClN5O3/c1-14(16-3-2-4-18(11-16)27-13-24-25-26-27)29-21(28)10-9-20-23-12-19(30-20)15-5-7-17(22)8-6-15/h2-8,11-14H,9-10H2,1H3. The molecule has 1 atom stereocenters. The Hall–Kier alpha value is -3.52. The van der Waals surface area contributed by atoms with Crippen molar-refractivity contribution in [2.75, 3.05) is 0 Å². The van der Waals surface area contributed by atoms with Crippen molar-refractivity contribution < 1.29 is 13.9 Å². The Kier molecular flexibility index (Phi) is 5.85. The maximum absolute atomic E-state index is 12.3. The Morgan fingerprint density at radius 2 is 2.07 bits per heavy atom. The van der Waals surface area contributed by atoms with Gasteiger partial charge in [0.25, 0.3) is 0 Å². The largest absolute Gasteiger partial charge is 0.458 e. The molecule has 0 aliphatic carbocycles. The van der Waals surface area contributed by atoms with Crippen LogP contribution in [0.5, 0.6) is 0 Å². The predicted octanol–water partition coefficient (Wildman–Crippen LogP) is 4.21. The van der Waals surface area contributed by atoms with Crippen molar-refractivity contribution in [3.05, 3.63) is 77.5 Å². The molecule has 0 fully saturated rings. The highest BCUT2D eigenvalue weighted by atomic mass is 35.5. The fraction of sp³-hybridized carbons (Fsp3) is 0.190. The van der Waals surface area contributed by atoms with Gasteiger partial charge >= 0.3 is 5.97 Å². The summed E-state index contributed by atoms with van der Waals surface area (Å²) in [5, 5.41) is 11.8. The zero-order valence-corrected chi connectivity index (χ0v) is 16.9. The van der Waals surface area contributed by atoms with E-state index in [-0.39, 0.29) is 12.4 Å². The van der Waals surface area contributed by atoms with Gasteiger partial charge in [-0.3, -0.25) is 4.79 Å². The van der Waals surface area contributed by atoms with E-state index in [2.05, 4.69) is 20.5 Å². The maximum Gasteiger partial charge on any atom is 0.306 e. The summed E-state index contributed by atoms with van der Waals surface area (Å²) in [6.45, 7) is 1.82. The number of nitrogens with zero attached hydrogens (tertiary/aromatic N) is 5. The van der Waals surface area contributed by atoms with Gasteiger partial charge in [0, 0.05) is 17.0 Å². The Morgan fingerprint density at radius 1 is 1.23 bits per heavy atom. The summed E-state index contributed by atoms with van der Waals surface area (Å²) >= 11 is 5.90. The summed E-state index contributed by atoms with van der Waals surface area (Å²) in [6.07, 6.45) is 3.24. The maximum atomic E-state index is 12.3. The lowest BCUT2D eigenvalue weighted by molar-refractivity contribution is -0.148. The van der Waals surface area contributed by atoms with Crippen LogP contribution in [-0.4, -0.2) is 31.2 Å². The fourth-order valence-corrected chi connectivity index (χ4v) is 3.03. The molecule has 1 unspecified atom stereocenters. The highest BCUT2D eigenvalue weighted by molar-refractivity contribution is 6.30. The lowest BCUT2D eigenvalue weighted by Gasteiger charge is -2.14. The Bertz CT molecular complexity index is 1130. The van der Waals surface area contributed by atoms with Crippen molar-refractivity contribution in [3.63, 3.8) is 0 Å². The normalized spacial score (nSPS) is 11.9. The molecule has 0 saturated heterocycles. The van der Waals surface area contributed by atoms with Gasteiger partial charge in [-0.25, -0.2) is 9.67 Å². The van der Waals surface area contributed by atoms with Crippen LogP contribution < -0.4 is 0 Å². The van der Waals surface area contributed by atoms with E-state index >= 15 is 0 Å². The summed E-state index contributed by atoms with van der Waals surface area (Å²) in [5.74, 6) is 0.773. The molecule has 2 heterocycles. The van der Waals surface area contributed by atoms with Crippen LogP contribution in [0.3, 0.4) is 0 Å². The number of carbonyl (C=O) groups is 1. The molecule has 9 heteroatoms. The molecule has 0 amide bonds. The number of hydrogen-bond donors (Lipinski definition) is 0. The number of tetrazole rings is 1. The Labute approximate surface area is 177 Å². The Morgan fingerprint density at radius 3 is 2.83 bits per heavy atom. The van der Waals surface area contributed by atoms with Gasteiger partial charge in [0.2, 0.25) is 0 Å². The minimum absolute atomic E-state index is 0.164. The van der Waals surface area contributed by atoms with Crippen molar-refractivity contribution >= 4 is 17.6 Å². The first-order valence-corrected chi connectivity index (χ1v) is 9.70. The lowest BCUT2D eigenvalue weighted by Crippen LogP contribution is -2.10. The second kappa shape index (κ2) is 8.87. The van der Waals surface area contributed by atoms with E-state index in [4.69, 9.17) is 20.8 Å². The number of carbonyl (C=O) groups excluding carboxylic acids is 1. The molecule has 0 saturated carbocycles. The molecule has 4 aromatic rings. The first-order chi connectivity index (χ1) is 14.6. The summed E-state index contributed by atoms with van der Waals surface area (Å²) < 4.78 is 12.8. The third-order valence-corrected chi connectivity index (χ3v) is 4.74. The van der Waals surface area contributed by atoms with Gasteiger partial charge in [0.15, 0.2) is 11.7 Å². The summed E-state index contributed by atoms with van der Waals surface area (Å²) in [6, 6.07) is 14.8. The highest BCUT2D eigenvalue weighted by Crippen LogP contribution is 2.23. The second-order valence-electron chi connectivity index (χ2n) is 6.61. The highest BCUT2D eigenvalue weighted by Gasteiger charge is 2.15. The first-order valence-electron chi connectivity index (χ1n) is 9.32. The molecule has 0 spiro atoms. The number of hydrogen-bond acceptors (Lipinski definition) is 7. The smallest absolute Gasteiger partial charge is 0.306 e. The number of aryl methyl sites for hydroxylation is 1. The average molecular weight is 424 g/mol.